The summed E-state index contributed by atoms with van der Waals surface area (Å²) in [6, 6.07) is 2.01. The molecule has 1 fully saturated rings. The third-order valence-electron chi connectivity index (χ3n) is 2.99. The van der Waals surface area contributed by atoms with Crippen LogP contribution in [0.15, 0.2) is 6.07 Å². The van der Waals surface area contributed by atoms with Gasteiger partial charge in [-0.2, -0.15) is 0 Å². The molecule has 14 heavy (non-hydrogen) atoms. The molecular formula is C11H15ClOS. The lowest BCUT2D eigenvalue weighted by atomic mass is 9.81. The van der Waals surface area contributed by atoms with Crippen molar-refractivity contribution in [1.82, 2.24) is 0 Å². The number of aryl methyl sites for hydroxylation is 1. The average Bonchev–Trinajstić information content (AvgIpc) is 2.40. The minimum Gasteiger partial charge on any atom is -0.388 e. The van der Waals surface area contributed by atoms with Crippen LogP contribution >= 0.6 is 22.9 Å². The van der Waals surface area contributed by atoms with Gasteiger partial charge in [-0.3, -0.25) is 0 Å². The minimum atomic E-state index is -0.295. The summed E-state index contributed by atoms with van der Waals surface area (Å²) in [4.78, 5) is 1.03. The van der Waals surface area contributed by atoms with Gasteiger partial charge in [0.25, 0.3) is 0 Å². The van der Waals surface area contributed by atoms with Crippen molar-refractivity contribution < 1.29 is 5.11 Å². The van der Waals surface area contributed by atoms with Crippen LogP contribution in [0.2, 0.25) is 4.34 Å². The maximum atomic E-state index is 9.95. The van der Waals surface area contributed by atoms with Gasteiger partial charge in [0, 0.05) is 4.88 Å². The number of hydrogen-bond acceptors (Lipinski definition) is 2. The van der Waals surface area contributed by atoms with Crippen molar-refractivity contribution in [1.29, 1.82) is 0 Å². The van der Waals surface area contributed by atoms with Gasteiger partial charge in [0.2, 0.25) is 0 Å². The minimum absolute atomic E-state index is 0.295. The highest BCUT2D eigenvalue weighted by Gasteiger charge is 2.22. The molecule has 78 valence electrons. The first-order valence-electron chi connectivity index (χ1n) is 5.10. The average molecular weight is 231 g/mol. The van der Waals surface area contributed by atoms with Gasteiger partial charge in [0.15, 0.2) is 0 Å². The van der Waals surface area contributed by atoms with E-state index in [1.165, 1.54) is 30.6 Å². The highest BCUT2D eigenvalue weighted by Crippen LogP contribution is 2.38. The molecule has 2 rings (SSSR count). The van der Waals surface area contributed by atoms with Gasteiger partial charge in [0.1, 0.15) is 0 Å². The van der Waals surface area contributed by atoms with E-state index in [-0.39, 0.29) is 6.10 Å². The van der Waals surface area contributed by atoms with Crippen LogP contribution in [0.1, 0.15) is 42.2 Å². The SMILES string of the molecule is Cc1cc(C(O)CC2CCC2)sc1Cl. The highest BCUT2D eigenvalue weighted by atomic mass is 35.5. The van der Waals surface area contributed by atoms with Gasteiger partial charge < -0.3 is 5.11 Å². The van der Waals surface area contributed by atoms with E-state index in [4.69, 9.17) is 11.6 Å². The molecule has 1 aromatic rings. The molecule has 0 aliphatic heterocycles. The van der Waals surface area contributed by atoms with Crippen LogP contribution in [0.4, 0.5) is 0 Å². The fourth-order valence-electron chi connectivity index (χ4n) is 1.81. The van der Waals surface area contributed by atoms with E-state index in [0.717, 1.165) is 27.1 Å². The molecule has 0 spiro atoms. The van der Waals surface area contributed by atoms with Gasteiger partial charge >= 0.3 is 0 Å². The fourth-order valence-corrected chi connectivity index (χ4v) is 3.02. The molecule has 0 radical (unpaired) electrons. The molecule has 1 aliphatic rings. The largest absolute Gasteiger partial charge is 0.388 e. The number of rotatable bonds is 3. The first-order valence-corrected chi connectivity index (χ1v) is 6.30. The number of aliphatic hydroxyl groups excluding tert-OH is 1. The van der Waals surface area contributed by atoms with E-state index in [2.05, 4.69) is 0 Å². The molecule has 1 aliphatic carbocycles. The number of halogens is 1. The van der Waals surface area contributed by atoms with Gasteiger partial charge in [-0.05, 0) is 30.9 Å². The molecule has 1 unspecified atom stereocenters. The van der Waals surface area contributed by atoms with Crippen LogP contribution in [-0.4, -0.2) is 5.11 Å². The molecular weight excluding hydrogens is 216 g/mol. The molecule has 1 nitrogen and oxygen atoms in total. The smallest absolute Gasteiger partial charge is 0.0961 e. The Labute approximate surface area is 93.7 Å². The topological polar surface area (TPSA) is 20.2 Å². The van der Waals surface area contributed by atoms with Crippen LogP contribution in [0.3, 0.4) is 0 Å². The summed E-state index contributed by atoms with van der Waals surface area (Å²) in [7, 11) is 0. The number of hydrogen-bond donors (Lipinski definition) is 1. The zero-order valence-electron chi connectivity index (χ0n) is 8.29. The Morgan fingerprint density at radius 3 is 2.79 bits per heavy atom. The van der Waals surface area contributed by atoms with Crippen molar-refractivity contribution in [3.05, 3.63) is 20.8 Å². The molecule has 1 N–H and O–H groups in total. The molecule has 0 aromatic carbocycles. The standard InChI is InChI=1S/C11H15ClOS/c1-7-5-10(14-11(7)12)9(13)6-8-3-2-4-8/h5,8-9,13H,2-4,6H2,1H3. The Bertz CT molecular complexity index is 298. The van der Waals surface area contributed by atoms with Crippen LogP contribution in [0.5, 0.6) is 0 Å². The zero-order chi connectivity index (χ0) is 10.1. The zero-order valence-corrected chi connectivity index (χ0v) is 9.87. The van der Waals surface area contributed by atoms with Crippen LogP contribution < -0.4 is 0 Å². The number of aliphatic hydroxyl groups is 1. The summed E-state index contributed by atoms with van der Waals surface area (Å²) in [6.07, 6.45) is 4.53. The fraction of sp³-hybridized carbons (Fsp3) is 0.636. The molecule has 1 saturated carbocycles. The third kappa shape index (κ3) is 2.13. The van der Waals surface area contributed by atoms with E-state index < -0.39 is 0 Å². The van der Waals surface area contributed by atoms with E-state index in [9.17, 15) is 5.11 Å². The van der Waals surface area contributed by atoms with Crippen molar-refractivity contribution in [3.8, 4) is 0 Å². The molecule has 0 saturated heterocycles. The molecule has 1 atom stereocenters. The summed E-state index contributed by atoms with van der Waals surface area (Å²) in [5.74, 6) is 0.742. The molecule has 3 heteroatoms. The van der Waals surface area contributed by atoms with E-state index in [0.29, 0.717) is 0 Å². The van der Waals surface area contributed by atoms with Crippen LogP contribution in [0, 0.1) is 12.8 Å². The van der Waals surface area contributed by atoms with Gasteiger partial charge in [-0.25, -0.2) is 0 Å². The van der Waals surface area contributed by atoms with Crippen molar-refractivity contribution in [3.63, 3.8) is 0 Å². The van der Waals surface area contributed by atoms with E-state index in [1.54, 1.807) is 0 Å². The van der Waals surface area contributed by atoms with E-state index >= 15 is 0 Å². The summed E-state index contributed by atoms with van der Waals surface area (Å²) in [6.45, 7) is 1.98. The van der Waals surface area contributed by atoms with Crippen LogP contribution in [-0.2, 0) is 0 Å². The second-order valence-electron chi connectivity index (χ2n) is 4.15. The summed E-state index contributed by atoms with van der Waals surface area (Å²) < 4.78 is 0.813. The Balaban J connectivity index is 1.98. The first kappa shape index (κ1) is 10.5. The first-order chi connectivity index (χ1) is 6.66. The van der Waals surface area contributed by atoms with Gasteiger partial charge in [-0.15, -0.1) is 11.3 Å². The molecule has 0 amide bonds. The second-order valence-corrected chi connectivity index (χ2v) is 5.84. The lowest BCUT2D eigenvalue weighted by Gasteiger charge is -2.27. The maximum absolute atomic E-state index is 9.95. The van der Waals surface area contributed by atoms with Crippen LogP contribution in [0.25, 0.3) is 0 Å². The quantitative estimate of drug-likeness (QED) is 0.834. The monoisotopic (exact) mass is 230 g/mol. The van der Waals surface area contributed by atoms with Gasteiger partial charge in [-0.1, -0.05) is 30.9 Å². The second kappa shape index (κ2) is 4.21. The molecule has 1 aromatic heterocycles. The predicted molar refractivity (Wildman–Crippen MR) is 61.0 cm³/mol. The lowest BCUT2D eigenvalue weighted by Crippen LogP contribution is -2.14. The maximum Gasteiger partial charge on any atom is 0.0961 e. The number of thiophene rings is 1. The predicted octanol–water partition coefficient (Wildman–Crippen LogP) is 3.93. The van der Waals surface area contributed by atoms with Crippen molar-refractivity contribution >= 4 is 22.9 Å². The highest BCUT2D eigenvalue weighted by molar-refractivity contribution is 7.16. The Hall–Kier alpha value is -0.0500. The van der Waals surface area contributed by atoms with Crippen molar-refractivity contribution in [2.45, 2.75) is 38.7 Å². The lowest BCUT2D eigenvalue weighted by molar-refractivity contribution is 0.121. The molecule has 0 bridgehead atoms. The summed E-state index contributed by atoms with van der Waals surface area (Å²) in [5.41, 5.74) is 1.08. The Morgan fingerprint density at radius 1 is 1.64 bits per heavy atom. The van der Waals surface area contributed by atoms with E-state index in [1.807, 2.05) is 13.0 Å². The third-order valence-corrected chi connectivity index (χ3v) is 4.64. The van der Waals surface area contributed by atoms with Crippen molar-refractivity contribution in [2.75, 3.05) is 0 Å². The Morgan fingerprint density at radius 2 is 2.36 bits per heavy atom. The summed E-state index contributed by atoms with van der Waals surface area (Å²) >= 11 is 7.48. The normalized spacial score (nSPS) is 19.4. The summed E-state index contributed by atoms with van der Waals surface area (Å²) in [5, 5.41) is 9.95. The van der Waals surface area contributed by atoms with Crippen molar-refractivity contribution in [2.24, 2.45) is 5.92 Å². The Kier molecular flexibility index (Phi) is 3.15. The van der Waals surface area contributed by atoms with Gasteiger partial charge in [0.05, 0.1) is 10.4 Å². The molecule has 1 heterocycles.